The Morgan fingerprint density at radius 3 is 1.94 bits per heavy atom. The molecule has 0 radical (unpaired) electrons. The summed E-state index contributed by atoms with van der Waals surface area (Å²) >= 11 is 0. The summed E-state index contributed by atoms with van der Waals surface area (Å²) in [5.74, 6) is 2.61. The molecule has 0 nitrogen and oxygen atoms in total. The van der Waals surface area contributed by atoms with E-state index in [1.165, 1.54) is 38.5 Å². The molecule has 0 aliphatic rings. The molecule has 0 aliphatic carbocycles. The molecule has 0 amide bonds. The van der Waals surface area contributed by atoms with Gasteiger partial charge in [0.05, 0.1) is 0 Å². The molecular weight excluding hydrogens is 204 g/mol. The Morgan fingerprint density at radius 2 is 1.53 bits per heavy atom. The largest absolute Gasteiger partial charge is 0.0654 e. The van der Waals surface area contributed by atoms with Gasteiger partial charge in [-0.15, -0.1) is 0 Å². The Kier molecular flexibility index (Phi) is 8.16. The van der Waals surface area contributed by atoms with Crippen molar-refractivity contribution in [3.05, 3.63) is 0 Å². The van der Waals surface area contributed by atoms with Crippen molar-refractivity contribution in [3.8, 4) is 0 Å². The van der Waals surface area contributed by atoms with Crippen molar-refractivity contribution in [3.63, 3.8) is 0 Å². The van der Waals surface area contributed by atoms with Gasteiger partial charge in [-0.25, -0.2) is 0 Å². The van der Waals surface area contributed by atoms with Gasteiger partial charge >= 0.3 is 0 Å². The fraction of sp³-hybridized carbons (Fsp3) is 1.00. The predicted octanol–water partition coefficient (Wildman–Crippen LogP) is 6.30. The molecule has 0 bridgehead atoms. The van der Waals surface area contributed by atoms with Crippen LogP contribution >= 0.6 is 0 Å². The molecule has 3 atom stereocenters. The summed E-state index contributed by atoms with van der Waals surface area (Å²) in [5, 5.41) is 0. The molecule has 0 aromatic rings. The first-order valence-corrected chi connectivity index (χ1v) is 7.87. The first-order valence-electron chi connectivity index (χ1n) is 7.87. The summed E-state index contributed by atoms with van der Waals surface area (Å²) in [6.07, 6.45) is 8.30. The lowest BCUT2D eigenvalue weighted by atomic mass is 9.70. The minimum atomic E-state index is 0.576. The fourth-order valence-electron chi connectivity index (χ4n) is 2.71. The van der Waals surface area contributed by atoms with Crippen LogP contribution < -0.4 is 0 Å². The third-order valence-electron chi connectivity index (χ3n) is 5.26. The Labute approximate surface area is 111 Å². The van der Waals surface area contributed by atoms with Gasteiger partial charge in [-0.2, -0.15) is 0 Å². The summed E-state index contributed by atoms with van der Waals surface area (Å²) in [4.78, 5) is 0. The minimum absolute atomic E-state index is 0.576. The molecule has 17 heavy (non-hydrogen) atoms. The van der Waals surface area contributed by atoms with Crippen LogP contribution in [0.25, 0.3) is 0 Å². The monoisotopic (exact) mass is 240 g/mol. The second kappa shape index (κ2) is 8.16. The molecule has 0 N–H and O–H groups in total. The quantitative estimate of drug-likeness (QED) is 0.443. The normalized spacial score (nSPS) is 19.1. The average molecular weight is 240 g/mol. The lowest BCUT2D eigenvalue weighted by molar-refractivity contribution is 0.154. The third-order valence-corrected chi connectivity index (χ3v) is 5.26. The summed E-state index contributed by atoms with van der Waals surface area (Å²) in [5.41, 5.74) is 0.576. The van der Waals surface area contributed by atoms with Crippen LogP contribution in [0.4, 0.5) is 0 Å². The molecule has 0 spiro atoms. The van der Waals surface area contributed by atoms with E-state index in [0.29, 0.717) is 5.41 Å². The zero-order valence-electron chi connectivity index (χ0n) is 13.5. The predicted molar refractivity (Wildman–Crippen MR) is 80.3 cm³/mol. The van der Waals surface area contributed by atoms with Gasteiger partial charge in [-0.3, -0.25) is 0 Å². The Bertz CT molecular complexity index is 182. The van der Waals surface area contributed by atoms with E-state index in [4.69, 9.17) is 0 Å². The van der Waals surface area contributed by atoms with Crippen molar-refractivity contribution in [2.24, 2.45) is 23.2 Å². The highest BCUT2D eigenvalue weighted by Crippen LogP contribution is 2.39. The highest BCUT2D eigenvalue weighted by molar-refractivity contribution is 4.79. The Morgan fingerprint density at radius 1 is 0.941 bits per heavy atom. The maximum absolute atomic E-state index is 2.51. The second-order valence-corrected chi connectivity index (χ2v) is 6.81. The van der Waals surface area contributed by atoms with Crippen LogP contribution in [0.3, 0.4) is 0 Å². The second-order valence-electron chi connectivity index (χ2n) is 6.81. The van der Waals surface area contributed by atoms with Crippen LogP contribution in [-0.4, -0.2) is 0 Å². The van der Waals surface area contributed by atoms with E-state index in [1.807, 2.05) is 0 Å². The summed E-state index contributed by atoms with van der Waals surface area (Å²) in [6, 6.07) is 0. The van der Waals surface area contributed by atoms with Crippen molar-refractivity contribution in [2.75, 3.05) is 0 Å². The van der Waals surface area contributed by atoms with E-state index in [9.17, 15) is 0 Å². The minimum Gasteiger partial charge on any atom is -0.0654 e. The van der Waals surface area contributed by atoms with E-state index >= 15 is 0 Å². The Hall–Kier alpha value is 0. The summed E-state index contributed by atoms with van der Waals surface area (Å²) in [6.45, 7) is 16.8. The first kappa shape index (κ1) is 17.0. The van der Waals surface area contributed by atoms with Gasteiger partial charge in [0, 0.05) is 0 Å². The molecule has 0 aromatic heterocycles. The molecule has 0 heteroatoms. The van der Waals surface area contributed by atoms with Gasteiger partial charge in [0.15, 0.2) is 0 Å². The zero-order chi connectivity index (χ0) is 13.5. The molecular formula is C17H36. The zero-order valence-corrected chi connectivity index (χ0v) is 13.5. The molecule has 0 rings (SSSR count). The van der Waals surface area contributed by atoms with Crippen LogP contribution in [0.5, 0.6) is 0 Å². The van der Waals surface area contributed by atoms with E-state index in [0.717, 1.165) is 17.8 Å². The first-order chi connectivity index (χ1) is 7.87. The lowest BCUT2D eigenvalue weighted by Gasteiger charge is -2.35. The molecule has 3 unspecified atom stereocenters. The molecule has 104 valence electrons. The van der Waals surface area contributed by atoms with Crippen LogP contribution in [0.1, 0.15) is 87.0 Å². The van der Waals surface area contributed by atoms with Crippen molar-refractivity contribution in [1.29, 1.82) is 0 Å². The third kappa shape index (κ3) is 5.93. The highest BCUT2D eigenvalue weighted by Gasteiger charge is 2.28. The van der Waals surface area contributed by atoms with Crippen LogP contribution in [0.15, 0.2) is 0 Å². The smallest absolute Gasteiger partial charge is 0.0303 e. The van der Waals surface area contributed by atoms with Gasteiger partial charge in [0.2, 0.25) is 0 Å². The Balaban J connectivity index is 4.11. The van der Waals surface area contributed by atoms with Crippen LogP contribution in [0.2, 0.25) is 0 Å². The van der Waals surface area contributed by atoms with Gasteiger partial charge in [0.1, 0.15) is 0 Å². The molecule has 0 saturated heterocycles. The molecule has 0 aliphatic heterocycles. The van der Waals surface area contributed by atoms with E-state index < -0.39 is 0 Å². The molecule has 0 aromatic carbocycles. The number of hydrogen-bond acceptors (Lipinski definition) is 0. The molecule has 0 heterocycles. The van der Waals surface area contributed by atoms with E-state index in [2.05, 4.69) is 48.5 Å². The number of rotatable bonds is 9. The summed E-state index contributed by atoms with van der Waals surface area (Å²) < 4.78 is 0. The van der Waals surface area contributed by atoms with Crippen molar-refractivity contribution < 1.29 is 0 Å². The van der Waals surface area contributed by atoms with E-state index in [1.54, 1.807) is 0 Å². The fourth-order valence-corrected chi connectivity index (χ4v) is 2.71. The maximum atomic E-state index is 2.51. The van der Waals surface area contributed by atoms with Crippen LogP contribution in [-0.2, 0) is 0 Å². The topological polar surface area (TPSA) is 0 Å². The lowest BCUT2D eigenvalue weighted by Crippen LogP contribution is -2.25. The van der Waals surface area contributed by atoms with Crippen molar-refractivity contribution in [2.45, 2.75) is 87.0 Å². The number of hydrogen-bond donors (Lipinski definition) is 0. The SMILES string of the molecule is CCCC(C)C(C)(CC)CCCC(C)C(C)C. The summed E-state index contributed by atoms with van der Waals surface area (Å²) in [7, 11) is 0. The molecule has 0 saturated carbocycles. The van der Waals surface area contributed by atoms with Gasteiger partial charge in [-0.05, 0) is 29.6 Å². The molecule has 0 fully saturated rings. The van der Waals surface area contributed by atoms with Gasteiger partial charge < -0.3 is 0 Å². The van der Waals surface area contributed by atoms with Gasteiger partial charge in [-0.1, -0.05) is 80.6 Å². The maximum Gasteiger partial charge on any atom is -0.0303 e. The highest BCUT2D eigenvalue weighted by atomic mass is 14.3. The van der Waals surface area contributed by atoms with Gasteiger partial charge in [0.25, 0.3) is 0 Å². The average Bonchev–Trinajstić information content (AvgIpc) is 2.28. The standard InChI is InChI=1S/C17H36/c1-8-11-16(6)17(7,9-2)13-10-12-15(5)14(3)4/h14-16H,8-13H2,1-7H3. The van der Waals surface area contributed by atoms with Crippen molar-refractivity contribution in [1.82, 2.24) is 0 Å². The van der Waals surface area contributed by atoms with Crippen molar-refractivity contribution >= 4 is 0 Å². The van der Waals surface area contributed by atoms with E-state index in [-0.39, 0.29) is 0 Å². The van der Waals surface area contributed by atoms with Crippen LogP contribution in [0, 0.1) is 23.2 Å².